The van der Waals surface area contributed by atoms with Gasteiger partial charge in [-0.15, -0.1) is 0 Å². The molecule has 0 fully saturated rings. The highest BCUT2D eigenvalue weighted by Gasteiger charge is 2.15. The molecule has 2 amide bonds. The van der Waals surface area contributed by atoms with Gasteiger partial charge in [0, 0.05) is 12.1 Å². The molecule has 0 atom stereocenters. The van der Waals surface area contributed by atoms with Gasteiger partial charge < -0.3 is 20.5 Å². The van der Waals surface area contributed by atoms with Crippen molar-refractivity contribution in [1.29, 1.82) is 0 Å². The molecule has 0 unspecified atom stereocenters. The van der Waals surface area contributed by atoms with E-state index in [1.54, 1.807) is 30.3 Å². The summed E-state index contributed by atoms with van der Waals surface area (Å²) in [4.78, 5) is 25.2. The van der Waals surface area contributed by atoms with Gasteiger partial charge in [0.15, 0.2) is 0 Å². The van der Waals surface area contributed by atoms with Crippen LogP contribution in [0.15, 0.2) is 54.2 Å². The molecule has 0 bridgehead atoms. The predicted octanol–water partition coefficient (Wildman–Crippen LogP) is 3.72. The summed E-state index contributed by atoms with van der Waals surface area (Å²) in [5.74, 6) is 0.624. The first-order chi connectivity index (χ1) is 14.8. The minimum atomic E-state index is -0.466. The molecule has 0 aliphatic heterocycles. The minimum Gasteiger partial charge on any atom is -0.493 e. The fourth-order valence-corrected chi connectivity index (χ4v) is 2.73. The molecular weight excluding hydrogens is 392 g/mol. The van der Waals surface area contributed by atoms with Gasteiger partial charge in [-0.05, 0) is 53.3 Å². The Labute approximate surface area is 184 Å². The number of hydrogen-bond acceptors (Lipinski definition) is 4. The second-order valence-corrected chi connectivity index (χ2v) is 8.04. The fraction of sp³-hybridized carbons (Fsp3) is 0.360. The molecule has 0 aliphatic carbocycles. The molecule has 3 N–H and O–H groups in total. The number of amides is 2. The smallest absolute Gasteiger partial charge is 0.267 e. The topological polar surface area (TPSA) is 87.7 Å². The Bertz CT molecular complexity index is 885. The summed E-state index contributed by atoms with van der Waals surface area (Å²) in [5, 5.41) is 14.3. The van der Waals surface area contributed by atoms with E-state index in [2.05, 4.69) is 38.3 Å². The van der Waals surface area contributed by atoms with E-state index in [0.717, 1.165) is 5.56 Å². The molecule has 0 saturated heterocycles. The highest BCUT2D eigenvalue weighted by molar-refractivity contribution is 6.05. The third-order valence-electron chi connectivity index (χ3n) is 4.50. The lowest BCUT2D eigenvalue weighted by molar-refractivity contribution is -0.117. The average Bonchev–Trinajstić information content (AvgIpc) is 2.76. The zero-order valence-electron chi connectivity index (χ0n) is 18.6. The van der Waals surface area contributed by atoms with Gasteiger partial charge in [-0.2, -0.15) is 0 Å². The van der Waals surface area contributed by atoms with Gasteiger partial charge in [0.05, 0.1) is 13.2 Å². The monoisotopic (exact) mass is 424 g/mol. The highest BCUT2D eigenvalue weighted by atomic mass is 16.5. The van der Waals surface area contributed by atoms with Crippen molar-refractivity contribution in [1.82, 2.24) is 10.6 Å². The molecule has 0 saturated carbocycles. The van der Waals surface area contributed by atoms with Crippen molar-refractivity contribution in [3.63, 3.8) is 0 Å². The quantitative estimate of drug-likeness (QED) is 0.507. The lowest BCUT2D eigenvalue weighted by Crippen LogP contribution is -2.36. The van der Waals surface area contributed by atoms with E-state index in [1.165, 1.54) is 5.56 Å². The van der Waals surface area contributed by atoms with E-state index in [9.17, 15) is 9.59 Å². The van der Waals surface area contributed by atoms with Gasteiger partial charge in [-0.1, -0.05) is 52.0 Å². The van der Waals surface area contributed by atoms with Crippen molar-refractivity contribution in [2.45, 2.75) is 33.6 Å². The number of aliphatic hydroxyl groups excluding tert-OH is 1. The van der Waals surface area contributed by atoms with E-state index in [-0.39, 0.29) is 18.8 Å². The van der Waals surface area contributed by atoms with Crippen molar-refractivity contribution in [2.75, 3.05) is 19.8 Å². The summed E-state index contributed by atoms with van der Waals surface area (Å²) < 4.78 is 5.64. The van der Waals surface area contributed by atoms with Crippen LogP contribution >= 0.6 is 0 Å². The Balaban J connectivity index is 2.18. The van der Waals surface area contributed by atoms with Crippen LogP contribution in [0.2, 0.25) is 0 Å². The molecule has 0 aromatic heterocycles. The Kier molecular flexibility index (Phi) is 9.28. The zero-order valence-corrected chi connectivity index (χ0v) is 18.6. The first kappa shape index (κ1) is 24.2. The molecule has 0 aliphatic rings. The molecule has 6 heteroatoms. The number of hydrogen-bond donors (Lipinski definition) is 3. The van der Waals surface area contributed by atoms with Gasteiger partial charge in [-0.25, -0.2) is 0 Å². The number of carbonyl (C=O) groups excluding carboxylic acids is 2. The van der Waals surface area contributed by atoms with Crippen molar-refractivity contribution >= 4 is 17.9 Å². The van der Waals surface area contributed by atoms with Gasteiger partial charge in [0.25, 0.3) is 11.8 Å². The van der Waals surface area contributed by atoms with Gasteiger partial charge >= 0.3 is 0 Å². The lowest BCUT2D eigenvalue weighted by Gasteiger charge is -2.12. The Morgan fingerprint density at radius 1 is 1.00 bits per heavy atom. The van der Waals surface area contributed by atoms with Crippen LogP contribution in [0.3, 0.4) is 0 Å². The maximum atomic E-state index is 12.7. The third-order valence-corrected chi connectivity index (χ3v) is 4.50. The van der Waals surface area contributed by atoms with Crippen molar-refractivity contribution in [3.8, 4) is 5.75 Å². The number of benzene rings is 2. The van der Waals surface area contributed by atoms with Crippen LogP contribution < -0.4 is 15.4 Å². The van der Waals surface area contributed by atoms with Crippen LogP contribution in [-0.2, 0) is 4.79 Å². The van der Waals surface area contributed by atoms with E-state index in [0.29, 0.717) is 29.8 Å². The molecule has 6 nitrogen and oxygen atoms in total. The molecule has 2 aromatic carbocycles. The zero-order chi connectivity index (χ0) is 22.8. The average molecular weight is 425 g/mol. The maximum absolute atomic E-state index is 12.7. The van der Waals surface area contributed by atoms with Crippen molar-refractivity contribution < 1.29 is 19.4 Å². The maximum Gasteiger partial charge on any atom is 0.267 e. The first-order valence-corrected chi connectivity index (χ1v) is 10.5. The predicted molar refractivity (Wildman–Crippen MR) is 123 cm³/mol. The summed E-state index contributed by atoms with van der Waals surface area (Å²) in [5.41, 5.74) is 2.49. The Morgan fingerprint density at radius 2 is 1.65 bits per heavy atom. The molecular formula is C25H32N2O4. The lowest BCUT2D eigenvalue weighted by atomic mass is 10.0. The van der Waals surface area contributed by atoms with Crippen LogP contribution in [0.25, 0.3) is 6.08 Å². The van der Waals surface area contributed by atoms with E-state index in [4.69, 9.17) is 9.84 Å². The molecule has 31 heavy (non-hydrogen) atoms. The van der Waals surface area contributed by atoms with Crippen LogP contribution in [0.5, 0.6) is 5.75 Å². The normalized spacial score (nSPS) is 11.5. The van der Waals surface area contributed by atoms with Crippen LogP contribution in [0.1, 0.15) is 55.1 Å². The Morgan fingerprint density at radius 3 is 2.19 bits per heavy atom. The summed E-state index contributed by atoms with van der Waals surface area (Å²) in [7, 11) is 0. The Hall–Kier alpha value is -3.12. The second-order valence-electron chi connectivity index (χ2n) is 8.04. The largest absolute Gasteiger partial charge is 0.493 e. The molecule has 2 rings (SSSR count). The standard InChI is InChI=1S/C25H32N2O4/c1-17(2)16-31-22-11-9-21(10-12-22)24(29)27-23(25(30)26-13-14-28)15-19-5-7-20(8-6-19)18(3)4/h5-12,15,17-18,28H,13-14,16H2,1-4H3,(H,26,30)(H,27,29)/b23-15+. The third kappa shape index (κ3) is 7.90. The number of carbonyl (C=O) groups is 2. The van der Waals surface area contributed by atoms with Crippen molar-refractivity contribution in [3.05, 3.63) is 70.9 Å². The van der Waals surface area contributed by atoms with Gasteiger partial charge in [-0.3, -0.25) is 9.59 Å². The number of ether oxygens (including phenoxy) is 1. The summed E-state index contributed by atoms with van der Waals surface area (Å²) in [6.45, 7) is 8.85. The second kappa shape index (κ2) is 11.9. The highest BCUT2D eigenvalue weighted by Crippen LogP contribution is 2.17. The number of nitrogens with one attached hydrogen (secondary N) is 2. The molecule has 0 heterocycles. The SMILES string of the molecule is CC(C)COc1ccc(C(=O)N/C(=C/c2ccc(C(C)C)cc2)C(=O)NCCO)cc1. The van der Waals surface area contributed by atoms with Gasteiger partial charge in [0.1, 0.15) is 11.4 Å². The van der Waals surface area contributed by atoms with E-state index in [1.807, 2.05) is 24.3 Å². The van der Waals surface area contributed by atoms with Crippen molar-refractivity contribution in [2.24, 2.45) is 5.92 Å². The first-order valence-electron chi connectivity index (χ1n) is 10.5. The summed E-state index contributed by atoms with van der Waals surface area (Å²) in [6, 6.07) is 14.6. The minimum absolute atomic E-state index is 0.0974. The molecule has 166 valence electrons. The van der Waals surface area contributed by atoms with E-state index < -0.39 is 11.8 Å². The van der Waals surface area contributed by atoms with Crippen LogP contribution in [0.4, 0.5) is 0 Å². The summed E-state index contributed by atoms with van der Waals surface area (Å²) >= 11 is 0. The van der Waals surface area contributed by atoms with E-state index >= 15 is 0 Å². The molecule has 0 spiro atoms. The number of rotatable bonds is 10. The summed E-state index contributed by atoms with van der Waals surface area (Å²) in [6.07, 6.45) is 1.62. The van der Waals surface area contributed by atoms with Gasteiger partial charge in [0.2, 0.25) is 0 Å². The fourth-order valence-electron chi connectivity index (χ4n) is 2.73. The van der Waals surface area contributed by atoms with Crippen LogP contribution in [-0.4, -0.2) is 36.7 Å². The molecule has 2 aromatic rings. The molecule has 0 radical (unpaired) electrons. The number of aliphatic hydroxyl groups is 1. The van der Waals surface area contributed by atoms with Crippen LogP contribution in [0, 0.1) is 5.92 Å².